The monoisotopic (exact) mass is 256 g/mol. The van der Waals surface area contributed by atoms with Gasteiger partial charge >= 0.3 is 6.18 Å². The van der Waals surface area contributed by atoms with Crippen LogP contribution >= 0.6 is 0 Å². The molecule has 0 radical (unpaired) electrons. The number of benzene rings is 1. The molecule has 1 aliphatic carbocycles. The summed E-state index contributed by atoms with van der Waals surface area (Å²) in [5.41, 5.74) is 3.66. The van der Waals surface area contributed by atoms with Gasteiger partial charge in [-0.2, -0.15) is 13.2 Å². The zero-order valence-corrected chi connectivity index (χ0v) is 10.8. The van der Waals surface area contributed by atoms with Crippen molar-refractivity contribution in [1.82, 2.24) is 0 Å². The van der Waals surface area contributed by atoms with E-state index < -0.39 is 12.1 Å². The van der Waals surface area contributed by atoms with Gasteiger partial charge in [0.25, 0.3) is 0 Å². The molecule has 2 rings (SSSR count). The average Bonchev–Trinajstić information content (AvgIpc) is 2.28. The van der Waals surface area contributed by atoms with Gasteiger partial charge in [-0.15, -0.1) is 0 Å². The lowest BCUT2D eigenvalue weighted by molar-refractivity contribution is -0.182. The van der Waals surface area contributed by atoms with Crippen molar-refractivity contribution in [2.45, 2.75) is 51.6 Å². The number of halogens is 3. The lowest BCUT2D eigenvalue weighted by Gasteiger charge is -2.30. The lowest BCUT2D eigenvalue weighted by atomic mass is 9.77. The largest absolute Gasteiger partial charge is 0.391 e. The molecule has 0 spiro atoms. The third kappa shape index (κ3) is 2.88. The highest BCUT2D eigenvalue weighted by Gasteiger charge is 2.41. The first-order chi connectivity index (χ1) is 8.38. The quantitative estimate of drug-likeness (QED) is 0.652. The van der Waals surface area contributed by atoms with Crippen LogP contribution in [-0.4, -0.2) is 6.18 Å². The molecule has 0 saturated heterocycles. The smallest absolute Gasteiger partial charge is 0.171 e. The number of hydrogen-bond acceptors (Lipinski definition) is 0. The fourth-order valence-electron chi connectivity index (χ4n) is 3.02. The summed E-state index contributed by atoms with van der Waals surface area (Å²) in [5.74, 6) is -0.774. The van der Waals surface area contributed by atoms with E-state index in [0.29, 0.717) is 18.8 Å². The Morgan fingerprint density at radius 1 is 1.00 bits per heavy atom. The summed E-state index contributed by atoms with van der Waals surface area (Å²) < 4.78 is 37.8. The van der Waals surface area contributed by atoms with Crippen LogP contribution in [0, 0.1) is 19.8 Å². The molecule has 1 fully saturated rings. The number of aryl methyl sites for hydroxylation is 2. The molecule has 0 N–H and O–H groups in total. The maximum absolute atomic E-state index is 12.6. The Morgan fingerprint density at radius 3 is 2.11 bits per heavy atom. The Balaban J connectivity index is 2.06. The van der Waals surface area contributed by atoms with Crippen molar-refractivity contribution in [2.24, 2.45) is 5.92 Å². The van der Waals surface area contributed by atoms with Crippen molar-refractivity contribution < 1.29 is 13.2 Å². The first-order valence-corrected chi connectivity index (χ1v) is 6.52. The third-order valence-electron chi connectivity index (χ3n) is 4.06. The van der Waals surface area contributed by atoms with Crippen molar-refractivity contribution >= 4 is 0 Å². The first-order valence-electron chi connectivity index (χ1n) is 6.52. The van der Waals surface area contributed by atoms with E-state index in [1.54, 1.807) is 0 Å². The van der Waals surface area contributed by atoms with Crippen molar-refractivity contribution in [1.29, 1.82) is 0 Å². The van der Waals surface area contributed by atoms with Crippen LogP contribution in [0.1, 0.15) is 48.3 Å². The molecule has 0 unspecified atom stereocenters. The fraction of sp³-hybridized carbons (Fsp3) is 0.600. The van der Waals surface area contributed by atoms with Crippen LogP contribution in [0.15, 0.2) is 18.2 Å². The molecule has 1 aromatic carbocycles. The van der Waals surface area contributed by atoms with Gasteiger partial charge < -0.3 is 0 Å². The molecule has 1 aliphatic rings. The van der Waals surface area contributed by atoms with Gasteiger partial charge in [-0.25, -0.2) is 0 Å². The lowest BCUT2D eigenvalue weighted by Crippen LogP contribution is -2.27. The minimum atomic E-state index is -4.01. The molecule has 1 saturated carbocycles. The van der Waals surface area contributed by atoms with Crippen LogP contribution in [0.25, 0.3) is 0 Å². The minimum Gasteiger partial charge on any atom is -0.171 e. The predicted octanol–water partition coefficient (Wildman–Crippen LogP) is 5.14. The molecule has 1 aromatic rings. The number of alkyl halides is 3. The highest BCUT2D eigenvalue weighted by atomic mass is 19.4. The van der Waals surface area contributed by atoms with Gasteiger partial charge in [0.05, 0.1) is 5.92 Å². The van der Waals surface area contributed by atoms with Gasteiger partial charge in [-0.1, -0.05) is 23.8 Å². The van der Waals surface area contributed by atoms with Gasteiger partial charge in [0.2, 0.25) is 0 Å². The zero-order valence-electron chi connectivity index (χ0n) is 10.8. The molecule has 0 aromatic heterocycles. The summed E-state index contributed by atoms with van der Waals surface area (Å²) in [6.45, 7) is 4.09. The SMILES string of the molecule is Cc1ccc(C2CCC(C(F)(F)F)CC2)c(C)c1. The van der Waals surface area contributed by atoms with E-state index >= 15 is 0 Å². The standard InChI is InChI=1S/C15H19F3/c1-10-3-8-14(11(2)9-10)12-4-6-13(7-5-12)15(16,17)18/h3,8-9,12-13H,4-7H2,1-2H3. The van der Waals surface area contributed by atoms with Gasteiger partial charge in [-0.3, -0.25) is 0 Å². The van der Waals surface area contributed by atoms with Gasteiger partial charge in [-0.05, 0) is 56.6 Å². The topological polar surface area (TPSA) is 0 Å². The highest BCUT2D eigenvalue weighted by molar-refractivity contribution is 5.33. The van der Waals surface area contributed by atoms with Crippen molar-refractivity contribution in [3.63, 3.8) is 0 Å². The highest BCUT2D eigenvalue weighted by Crippen LogP contribution is 2.43. The second-order valence-electron chi connectivity index (χ2n) is 5.45. The van der Waals surface area contributed by atoms with E-state index in [1.165, 1.54) is 16.7 Å². The zero-order chi connectivity index (χ0) is 13.3. The van der Waals surface area contributed by atoms with Crippen LogP contribution in [0.4, 0.5) is 13.2 Å². The summed E-state index contributed by atoms with van der Waals surface area (Å²) in [6.07, 6.45) is -2.13. The Labute approximate surface area is 106 Å². The Kier molecular flexibility index (Phi) is 3.69. The second-order valence-corrected chi connectivity index (χ2v) is 5.45. The minimum absolute atomic E-state index is 0.279. The van der Waals surface area contributed by atoms with Crippen molar-refractivity contribution in [3.05, 3.63) is 34.9 Å². The summed E-state index contributed by atoms with van der Waals surface area (Å²) in [5, 5.41) is 0. The van der Waals surface area contributed by atoms with Crippen LogP contribution in [0.2, 0.25) is 0 Å². The van der Waals surface area contributed by atoms with Gasteiger partial charge in [0, 0.05) is 0 Å². The third-order valence-corrected chi connectivity index (χ3v) is 4.06. The molecule has 0 bridgehead atoms. The van der Waals surface area contributed by atoms with E-state index in [4.69, 9.17) is 0 Å². The van der Waals surface area contributed by atoms with Gasteiger partial charge in [0.15, 0.2) is 0 Å². The molecule has 18 heavy (non-hydrogen) atoms. The fourth-order valence-corrected chi connectivity index (χ4v) is 3.02. The molecule has 100 valence electrons. The van der Waals surface area contributed by atoms with Crippen LogP contribution in [0.5, 0.6) is 0 Å². The number of hydrogen-bond donors (Lipinski definition) is 0. The molecular weight excluding hydrogens is 237 g/mol. The summed E-state index contributed by atoms with van der Waals surface area (Å²) in [4.78, 5) is 0. The van der Waals surface area contributed by atoms with E-state index in [1.807, 2.05) is 6.92 Å². The molecule has 0 nitrogen and oxygen atoms in total. The van der Waals surface area contributed by atoms with Crippen molar-refractivity contribution in [3.8, 4) is 0 Å². The maximum atomic E-state index is 12.6. The van der Waals surface area contributed by atoms with E-state index in [2.05, 4.69) is 25.1 Å². The van der Waals surface area contributed by atoms with E-state index in [0.717, 1.165) is 0 Å². The van der Waals surface area contributed by atoms with Crippen molar-refractivity contribution in [2.75, 3.05) is 0 Å². The average molecular weight is 256 g/mol. The predicted molar refractivity (Wildman–Crippen MR) is 66.7 cm³/mol. The molecule has 3 heteroatoms. The second kappa shape index (κ2) is 4.94. The van der Waals surface area contributed by atoms with Crippen LogP contribution in [-0.2, 0) is 0 Å². The molecule has 0 heterocycles. The number of rotatable bonds is 1. The summed E-state index contributed by atoms with van der Waals surface area (Å²) in [6, 6.07) is 6.26. The van der Waals surface area contributed by atoms with Crippen LogP contribution in [0.3, 0.4) is 0 Å². The van der Waals surface area contributed by atoms with E-state index in [9.17, 15) is 13.2 Å². The Bertz CT molecular complexity index is 412. The van der Waals surface area contributed by atoms with Crippen LogP contribution < -0.4 is 0 Å². The first kappa shape index (κ1) is 13.4. The summed E-state index contributed by atoms with van der Waals surface area (Å²) >= 11 is 0. The van der Waals surface area contributed by atoms with E-state index in [-0.39, 0.29) is 12.8 Å². The normalized spacial score (nSPS) is 25.2. The summed E-state index contributed by atoms with van der Waals surface area (Å²) in [7, 11) is 0. The molecular formula is C15H19F3. The Morgan fingerprint density at radius 2 is 1.61 bits per heavy atom. The molecule has 0 aliphatic heterocycles. The maximum Gasteiger partial charge on any atom is 0.391 e. The Hall–Kier alpha value is -0.990. The molecule has 0 amide bonds. The molecule has 0 atom stereocenters. The van der Waals surface area contributed by atoms with Gasteiger partial charge in [0.1, 0.15) is 0 Å².